The van der Waals surface area contributed by atoms with Crippen molar-refractivity contribution < 1.29 is 14.7 Å². The van der Waals surface area contributed by atoms with Crippen molar-refractivity contribution in [2.24, 2.45) is 0 Å². The lowest BCUT2D eigenvalue weighted by molar-refractivity contribution is -0.770. The lowest BCUT2D eigenvalue weighted by Crippen LogP contribution is -2.27. The quantitative estimate of drug-likeness (QED) is 0.554. The minimum absolute atomic E-state index is 0.0198. The predicted molar refractivity (Wildman–Crippen MR) is 48.8 cm³/mol. The van der Waals surface area contributed by atoms with E-state index in [-0.39, 0.29) is 12.0 Å². The van der Waals surface area contributed by atoms with Gasteiger partial charge < -0.3 is 9.57 Å². The number of aromatic nitrogens is 4. The van der Waals surface area contributed by atoms with Gasteiger partial charge in [-0.25, -0.2) is 0 Å². The maximum atomic E-state index is 10.3. The van der Waals surface area contributed by atoms with Gasteiger partial charge in [0.25, 0.3) is 5.09 Å². The van der Waals surface area contributed by atoms with Crippen LogP contribution in [-0.4, -0.2) is 45.0 Å². The first-order valence-electron chi connectivity index (χ1n) is 4.78. The van der Waals surface area contributed by atoms with Crippen LogP contribution in [0.4, 0.5) is 0 Å². The van der Waals surface area contributed by atoms with Gasteiger partial charge in [0.15, 0.2) is 5.82 Å². The molecule has 0 amide bonds. The molecule has 1 aromatic heterocycles. The molecule has 1 aliphatic rings. The number of ether oxygens (including phenoxy) is 1. The Morgan fingerprint density at radius 3 is 2.81 bits per heavy atom. The number of rotatable bonds is 4. The number of aromatic amines is 1. The number of H-pyrrole nitrogens is 1. The van der Waals surface area contributed by atoms with E-state index in [9.17, 15) is 10.1 Å². The Labute approximate surface area is 90.2 Å². The molecule has 1 N–H and O–H groups in total. The third kappa shape index (κ3) is 2.08. The fourth-order valence-corrected chi connectivity index (χ4v) is 1.98. The summed E-state index contributed by atoms with van der Waals surface area (Å²) in [5.41, 5.74) is 0. The molecule has 0 aromatic carbocycles. The molecule has 0 radical (unpaired) electrons. The minimum atomic E-state index is -0.796. The zero-order valence-electron chi connectivity index (χ0n) is 8.57. The SMILES string of the molecule is CO[C@@H]1C[C@H](c2nn[nH]n2)C[C@H]1O[N+](=O)[O-]. The van der Waals surface area contributed by atoms with Gasteiger partial charge in [-0.1, -0.05) is 5.21 Å². The lowest BCUT2D eigenvalue weighted by atomic mass is 10.1. The second-order valence-corrected chi connectivity index (χ2v) is 3.58. The first-order chi connectivity index (χ1) is 7.70. The summed E-state index contributed by atoms with van der Waals surface area (Å²) in [6.45, 7) is 0. The minimum Gasteiger partial charge on any atom is -0.379 e. The molecular formula is C7H11N5O4. The third-order valence-electron chi connectivity index (χ3n) is 2.70. The van der Waals surface area contributed by atoms with Crippen molar-refractivity contribution in [1.82, 2.24) is 20.6 Å². The van der Waals surface area contributed by atoms with Crippen LogP contribution >= 0.6 is 0 Å². The van der Waals surface area contributed by atoms with E-state index in [1.165, 1.54) is 7.11 Å². The summed E-state index contributed by atoms with van der Waals surface area (Å²) in [4.78, 5) is 14.8. The highest BCUT2D eigenvalue weighted by Gasteiger charge is 2.39. The summed E-state index contributed by atoms with van der Waals surface area (Å²) in [6, 6.07) is 0. The van der Waals surface area contributed by atoms with Crippen LogP contribution in [0, 0.1) is 10.1 Å². The number of nitrogens with zero attached hydrogens (tertiary/aromatic N) is 4. The van der Waals surface area contributed by atoms with Crippen molar-refractivity contribution in [1.29, 1.82) is 0 Å². The first kappa shape index (κ1) is 10.7. The van der Waals surface area contributed by atoms with Crippen LogP contribution in [0.5, 0.6) is 0 Å². The van der Waals surface area contributed by atoms with Gasteiger partial charge in [-0.3, -0.25) is 0 Å². The Morgan fingerprint density at radius 2 is 2.25 bits per heavy atom. The number of hydrogen-bond donors (Lipinski definition) is 1. The Balaban J connectivity index is 2.04. The van der Waals surface area contributed by atoms with E-state index < -0.39 is 11.2 Å². The summed E-state index contributed by atoms with van der Waals surface area (Å²) < 4.78 is 5.14. The van der Waals surface area contributed by atoms with Gasteiger partial charge in [-0.15, -0.1) is 20.3 Å². The highest BCUT2D eigenvalue weighted by atomic mass is 17.0. The fourth-order valence-electron chi connectivity index (χ4n) is 1.98. The second-order valence-electron chi connectivity index (χ2n) is 3.58. The molecule has 0 spiro atoms. The molecule has 2 rings (SSSR count). The third-order valence-corrected chi connectivity index (χ3v) is 2.70. The van der Waals surface area contributed by atoms with E-state index in [1.54, 1.807) is 0 Å². The molecule has 88 valence electrons. The van der Waals surface area contributed by atoms with Crippen LogP contribution in [-0.2, 0) is 9.57 Å². The topological polar surface area (TPSA) is 116 Å². The van der Waals surface area contributed by atoms with Crippen LogP contribution < -0.4 is 0 Å². The standard InChI is InChI=1S/C7H11N5O4/c1-15-5-2-4(7-8-10-11-9-7)3-6(5)16-12(13)14/h4-6H,2-3H2,1H3,(H,8,9,10,11)/t4-,5+,6+/m0/s1. The summed E-state index contributed by atoms with van der Waals surface area (Å²) in [5.74, 6) is 0.519. The molecule has 3 atom stereocenters. The lowest BCUT2D eigenvalue weighted by Gasteiger charge is -2.14. The van der Waals surface area contributed by atoms with E-state index in [2.05, 4.69) is 25.5 Å². The molecular weight excluding hydrogens is 218 g/mol. The van der Waals surface area contributed by atoms with Crippen molar-refractivity contribution >= 4 is 0 Å². The molecule has 1 heterocycles. The van der Waals surface area contributed by atoms with Crippen LogP contribution in [0.1, 0.15) is 24.6 Å². The van der Waals surface area contributed by atoms with Crippen LogP contribution in [0.3, 0.4) is 0 Å². The zero-order chi connectivity index (χ0) is 11.5. The first-order valence-corrected chi connectivity index (χ1v) is 4.78. The van der Waals surface area contributed by atoms with Gasteiger partial charge in [0.2, 0.25) is 0 Å². The maximum absolute atomic E-state index is 10.3. The van der Waals surface area contributed by atoms with Crippen molar-refractivity contribution in [3.05, 3.63) is 15.9 Å². The van der Waals surface area contributed by atoms with Gasteiger partial charge in [0, 0.05) is 13.0 Å². The van der Waals surface area contributed by atoms with Gasteiger partial charge >= 0.3 is 0 Å². The summed E-state index contributed by atoms with van der Waals surface area (Å²) in [5, 5.41) is 23.0. The molecule has 0 saturated heterocycles. The number of tetrazole rings is 1. The van der Waals surface area contributed by atoms with Crippen LogP contribution in [0.25, 0.3) is 0 Å². The van der Waals surface area contributed by atoms with Crippen molar-refractivity contribution in [2.75, 3.05) is 7.11 Å². The number of methoxy groups -OCH3 is 1. The average Bonchev–Trinajstić information content (AvgIpc) is 2.83. The Hall–Kier alpha value is -1.77. The second kappa shape index (κ2) is 4.39. The highest BCUT2D eigenvalue weighted by Crippen LogP contribution is 2.35. The van der Waals surface area contributed by atoms with Crippen molar-refractivity contribution in [3.8, 4) is 0 Å². The van der Waals surface area contributed by atoms with Crippen LogP contribution in [0.15, 0.2) is 0 Å². The van der Waals surface area contributed by atoms with Gasteiger partial charge in [-0.2, -0.15) is 5.21 Å². The number of hydrogen-bond acceptors (Lipinski definition) is 7. The Bertz CT molecular complexity index is 356. The fraction of sp³-hybridized carbons (Fsp3) is 0.857. The molecule has 1 fully saturated rings. The molecule has 16 heavy (non-hydrogen) atoms. The summed E-state index contributed by atoms with van der Waals surface area (Å²) in [7, 11) is 1.50. The molecule has 9 heteroatoms. The Kier molecular flexibility index (Phi) is 2.95. The zero-order valence-corrected chi connectivity index (χ0v) is 8.57. The number of nitrogens with one attached hydrogen (secondary N) is 1. The maximum Gasteiger partial charge on any atom is 0.294 e. The normalized spacial score (nSPS) is 29.2. The smallest absolute Gasteiger partial charge is 0.294 e. The van der Waals surface area contributed by atoms with Crippen molar-refractivity contribution in [2.45, 2.75) is 31.0 Å². The van der Waals surface area contributed by atoms with E-state index in [4.69, 9.17) is 4.74 Å². The van der Waals surface area contributed by atoms with Gasteiger partial charge in [0.05, 0.1) is 6.10 Å². The van der Waals surface area contributed by atoms with E-state index in [0.29, 0.717) is 18.7 Å². The van der Waals surface area contributed by atoms with Gasteiger partial charge in [-0.05, 0) is 12.8 Å². The van der Waals surface area contributed by atoms with E-state index in [0.717, 1.165) is 0 Å². The molecule has 9 nitrogen and oxygen atoms in total. The summed E-state index contributed by atoms with van der Waals surface area (Å²) >= 11 is 0. The Morgan fingerprint density at radius 1 is 1.50 bits per heavy atom. The molecule has 1 saturated carbocycles. The molecule has 1 aromatic rings. The van der Waals surface area contributed by atoms with Crippen molar-refractivity contribution in [3.63, 3.8) is 0 Å². The highest BCUT2D eigenvalue weighted by molar-refractivity contribution is 5.00. The van der Waals surface area contributed by atoms with E-state index in [1.807, 2.05) is 0 Å². The molecule has 0 bridgehead atoms. The average molecular weight is 229 g/mol. The summed E-state index contributed by atoms with van der Waals surface area (Å²) in [6.07, 6.45) is 0.172. The van der Waals surface area contributed by atoms with Gasteiger partial charge in [0.1, 0.15) is 6.10 Å². The van der Waals surface area contributed by atoms with Crippen LogP contribution in [0.2, 0.25) is 0 Å². The van der Waals surface area contributed by atoms with E-state index >= 15 is 0 Å². The molecule has 1 aliphatic carbocycles. The molecule has 0 aliphatic heterocycles. The molecule has 0 unspecified atom stereocenters. The predicted octanol–water partition coefficient (Wildman–Crippen LogP) is -0.331. The largest absolute Gasteiger partial charge is 0.379 e. The monoisotopic (exact) mass is 229 g/mol.